The van der Waals surface area contributed by atoms with E-state index in [2.05, 4.69) is 20.4 Å². The molecule has 0 amide bonds. The van der Waals surface area contributed by atoms with Crippen LogP contribution in [0.25, 0.3) is 0 Å². The van der Waals surface area contributed by atoms with Gasteiger partial charge in [0.15, 0.2) is 0 Å². The Labute approximate surface area is 69.1 Å². The summed E-state index contributed by atoms with van der Waals surface area (Å²) >= 11 is 0. The lowest BCUT2D eigenvalue weighted by Gasteiger charge is -2.38. The van der Waals surface area contributed by atoms with E-state index < -0.39 is 0 Å². The van der Waals surface area contributed by atoms with Gasteiger partial charge in [-0.25, -0.2) is 0 Å². The Kier molecular flexibility index (Phi) is 2.38. The van der Waals surface area contributed by atoms with Gasteiger partial charge in [-0.2, -0.15) is 0 Å². The van der Waals surface area contributed by atoms with Crippen LogP contribution in [0.2, 0.25) is 0 Å². The van der Waals surface area contributed by atoms with Crippen LogP contribution in [0.1, 0.15) is 33.1 Å². The average molecular weight is 154 g/mol. The van der Waals surface area contributed by atoms with Gasteiger partial charge in [0, 0.05) is 5.41 Å². The molecule has 1 rings (SSSR count). The zero-order chi connectivity index (χ0) is 8.48. The SMILES string of the molecule is C=CC1(C)CC(C)CCC1O. The maximum absolute atomic E-state index is 9.67. The van der Waals surface area contributed by atoms with Crippen LogP contribution in [-0.2, 0) is 0 Å². The molecule has 1 heteroatoms. The fraction of sp³-hybridized carbons (Fsp3) is 0.800. The lowest BCUT2D eigenvalue weighted by molar-refractivity contribution is 0.0150. The summed E-state index contributed by atoms with van der Waals surface area (Å²) in [5, 5.41) is 9.67. The highest BCUT2D eigenvalue weighted by molar-refractivity contribution is 4.99. The van der Waals surface area contributed by atoms with Gasteiger partial charge in [-0.05, 0) is 25.2 Å². The Morgan fingerprint density at radius 3 is 2.64 bits per heavy atom. The summed E-state index contributed by atoms with van der Waals surface area (Å²) < 4.78 is 0. The molecule has 0 heterocycles. The molecular formula is C10H18O. The molecule has 1 nitrogen and oxygen atoms in total. The lowest BCUT2D eigenvalue weighted by Crippen LogP contribution is -2.36. The summed E-state index contributed by atoms with van der Waals surface area (Å²) in [4.78, 5) is 0. The van der Waals surface area contributed by atoms with Crippen LogP contribution in [0.5, 0.6) is 0 Å². The lowest BCUT2D eigenvalue weighted by atomic mass is 9.69. The predicted molar refractivity (Wildman–Crippen MR) is 47.3 cm³/mol. The largest absolute Gasteiger partial charge is 0.392 e. The molecule has 0 saturated heterocycles. The van der Waals surface area contributed by atoms with E-state index in [1.54, 1.807) is 0 Å². The molecular weight excluding hydrogens is 136 g/mol. The summed E-state index contributed by atoms with van der Waals surface area (Å²) in [7, 11) is 0. The molecule has 0 aromatic heterocycles. The molecule has 1 aliphatic rings. The van der Waals surface area contributed by atoms with Gasteiger partial charge in [-0.15, -0.1) is 6.58 Å². The van der Waals surface area contributed by atoms with Crippen LogP contribution in [0, 0.1) is 11.3 Å². The standard InChI is InChI=1S/C10H18O/c1-4-10(3)7-8(2)5-6-9(10)11/h4,8-9,11H,1,5-7H2,2-3H3. The Morgan fingerprint density at radius 1 is 1.55 bits per heavy atom. The van der Waals surface area contributed by atoms with Crippen LogP contribution in [0.3, 0.4) is 0 Å². The molecule has 0 aliphatic heterocycles. The molecule has 0 aromatic rings. The van der Waals surface area contributed by atoms with E-state index in [0.717, 1.165) is 25.2 Å². The second-order valence-corrected chi connectivity index (χ2v) is 4.11. The Bertz CT molecular complexity index is 153. The van der Waals surface area contributed by atoms with Crippen LogP contribution in [0.4, 0.5) is 0 Å². The highest BCUT2D eigenvalue weighted by Gasteiger charge is 2.35. The van der Waals surface area contributed by atoms with Crippen molar-refractivity contribution in [1.29, 1.82) is 0 Å². The second-order valence-electron chi connectivity index (χ2n) is 4.11. The normalized spacial score (nSPS) is 45.4. The first-order valence-corrected chi connectivity index (χ1v) is 4.40. The van der Waals surface area contributed by atoms with Crippen molar-refractivity contribution in [2.24, 2.45) is 11.3 Å². The molecule has 3 atom stereocenters. The maximum atomic E-state index is 9.67. The van der Waals surface area contributed by atoms with Crippen LogP contribution in [-0.4, -0.2) is 11.2 Å². The number of aliphatic hydroxyl groups excluding tert-OH is 1. The van der Waals surface area contributed by atoms with Crippen molar-refractivity contribution < 1.29 is 5.11 Å². The van der Waals surface area contributed by atoms with Crippen LogP contribution >= 0.6 is 0 Å². The number of rotatable bonds is 1. The molecule has 11 heavy (non-hydrogen) atoms. The molecule has 1 saturated carbocycles. The van der Waals surface area contributed by atoms with Crippen LogP contribution in [0.15, 0.2) is 12.7 Å². The third-order valence-corrected chi connectivity index (χ3v) is 2.95. The van der Waals surface area contributed by atoms with Crippen molar-refractivity contribution >= 4 is 0 Å². The molecule has 0 bridgehead atoms. The molecule has 3 unspecified atom stereocenters. The van der Waals surface area contributed by atoms with Gasteiger partial charge in [-0.3, -0.25) is 0 Å². The van der Waals surface area contributed by atoms with E-state index in [4.69, 9.17) is 0 Å². The van der Waals surface area contributed by atoms with Gasteiger partial charge in [-0.1, -0.05) is 19.9 Å². The van der Waals surface area contributed by atoms with Gasteiger partial charge in [0.2, 0.25) is 0 Å². The summed E-state index contributed by atoms with van der Waals surface area (Å²) in [6.45, 7) is 8.12. The third kappa shape index (κ3) is 1.64. The smallest absolute Gasteiger partial charge is 0.0628 e. The Morgan fingerprint density at radius 2 is 2.18 bits per heavy atom. The fourth-order valence-electron chi connectivity index (χ4n) is 1.98. The minimum absolute atomic E-state index is 0.0301. The summed E-state index contributed by atoms with van der Waals surface area (Å²) in [5.41, 5.74) is -0.0301. The monoisotopic (exact) mass is 154 g/mol. The van der Waals surface area contributed by atoms with Crippen molar-refractivity contribution in [2.75, 3.05) is 0 Å². The second kappa shape index (κ2) is 2.98. The molecule has 1 fully saturated rings. The summed E-state index contributed by atoms with van der Waals surface area (Å²) in [6.07, 6.45) is 4.91. The van der Waals surface area contributed by atoms with Gasteiger partial charge < -0.3 is 5.11 Å². The molecule has 0 aromatic carbocycles. The Hall–Kier alpha value is -0.300. The number of hydrogen-bond acceptors (Lipinski definition) is 1. The predicted octanol–water partition coefficient (Wildman–Crippen LogP) is 2.36. The third-order valence-electron chi connectivity index (χ3n) is 2.95. The molecule has 1 aliphatic carbocycles. The summed E-state index contributed by atoms with van der Waals surface area (Å²) in [5.74, 6) is 0.737. The van der Waals surface area contributed by atoms with E-state index in [-0.39, 0.29) is 11.5 Å². The van der Waals surface area contributed by atoms with Crippen molar-refractivity contribution in [3.8, 4) is 0 Å². The van der Waals surface area contributed by atoms with Crippen molar-refractivity contribution in [1.82, 2.24) is 0 Å². The van der Waals surface area contributed by atoms with Gasteiger partial charge in [0.1, 0.15) is 0 Å². The van der Waals surface area contributed by atoms with E-state index in [0.29, 0.717) is 0 Å². The van der Waals surface area contributed by atoms with Gasteiger partial charge in [0.05, 0.1) is 6.10 Å². The number of hydrogen-bond donors (Lipinski definition) is 1. The van der Waals surface area contributed by atoms with Crippen molar-refractivity contribution in [2.45, 2.75) is 39.2 Å². The Balaban J connectivity index is 2.67. The van der Waals surface area contributed by atoms with Crippen LogP contribution < -0.4 is 0 Å². The molecule has 64 valence electrons. The van der Waals surface area contributed by atoms with E-state index in [1.165, 1.54) is 0 Å². The molecule has 0 radical (unpaired) electrons. The average Bonchev–Trinajstić information content (AvgIpc) is 1.98. The van der Waals surface area contributed by atoms with Crippen molar-refractivity contribution in [3.63, 3.8) is 0 Å². The van der Waals surface area contributed by atoms with Gasteiger partial charge >= 0.3 is 0 Å². The highest BCUT2D eigenvalue weighted by Crippen LogP contribution is 2.39. The van der Waals surface area contributed by atoms with E-state index >= 15 is 0 Å². The zero-order valence-corrected chi connectivity index (χ0v) is 7.51. The highest BCUT2D eigenvalue weighted by atomic mass is 16.3. The minimum Gasteiger partial charge on any atom is -0.392 e. The first-order chi connectivity index (χ1) is 5.08. The topological polar surface area (TPSA) is 20.2 Å². The zero-order valence-electron chi connectivity index (χ0n) is 7.51. The first-order valence-electron chi connectivity index (χ1n) is 4.40. The number of aliphatic hydroxyl groups is 1. The first kappa shape index (κ1) is 8.79. The maximum Gasteiger partial charge on any atom is 0.0628 e. The quantitative estimate of drug-likeness (QED) is 0.575. The fourth-order valence-corrected chi connectivity index (χ4v) is 1.98. The van der Waals surface area contributed by atoms with Crippen molar-refractivity contribution in [3.05, 3.63) is 12.7 Å². The minimum atomic E-state index is -0.170. The summed E-state index contributed by atoms with van der Waals surface area (Å²) in [6, 6.07) is 0. The van der Waals surface area contributed by atoms with Gasteiger partial charge in [0.25, 0.3) is 0 Å². The molecule has 1 N–H and O–H groups in total. The van der Waals surface area contributed by atoms with E-state index in [1.807, 2.05) is 6.08 Å². The van der Waals surface area contributed by atoms with E-state index in [9.17, 15) is 5.11 Å². The molecule has 0 spiro atoms.